The molecule has 1 N–H and O–H groups in total. The van der Waals surface area contributed by atoms with Crippen molar-refractivity contribution in [3.8, 4) is 27.6 Å². The molecule has 1 amide bonds. The summed E-state index contributed by atoms with van der Waals surface area (Å²) in [5.41, 5.74) is 4.11. The summed E-state index contributed by atoms with van der Waals surface area (Å²) in [5, 5.41) is 9.59. The van der Waals surface area contributed by atoms with Crippen molar-refractivity contribution in [1.82, 2.24) is 15.5 Å². The van der Waals surface area contributed by atoms with Crippen LogP contribution in [0.2, 0.25) is 0 Å². The van der Waals surface area contributed by atoms with E-state index in [4.69, 9.17) is 9.26 Å². The fourth-order valence-corrected chi connectivity index (χ4v) is 3.65. The standard InChI is InChI=1S/C22H19N3O3S/c1-14-4-3-5-16(10-14)22-24-17(13-29-22)12-23-21(26)19-11-20(28-25-19)15-6-8-18(27-2)9-7-15/h3-11,13H,12H2,1-2H3,(H,23,26). The van der Waals surface area contributed by atoms with E-state index in [0.29, 0.717) is 12.3 Å². The first kappa shape index (κ1) is 18.9. The van der Waals surface area contributed by atoms with Crippen LogP contribution < -0.4 is 10.1 Å². The SMILES string of the molecule is COc1ccc(-c2cc(C(=O)NCc3csc(-c4cccc(C)c4)n3)no2)cc1. The third-order valence-corrected chi connectivity index (χ3v) is 5.30. The van der Waals surface area contributed by atoms with Crippen molar-refractivity contribution in [2.45, 2.75) is 13.5 Å². The highest BCUT2D eigenvalue weighted by atomic mass is 32.1. The minimum Gasteiger partial charge on any atom is -0.497 e. The molecular weight excluding hydrogens is 386 g/mol. The van der Waals surface area contributed by atoms with E-state index >= 15 is 0 Å². The van der Waals surface area contributed by atoms with Crippen LogP contribution in [0.5, 0.6) is 5.75 Å². The Morgan fingerprint density at radius 1 is 1.14 bits per heavy atom. The summed E-state index contributed by atoms with van der Waals surface area (Å²) in [4.78, 5) is 17.0. The van der Waals surface area contributed by atoms with Crippen LogP contribution >= 0.6 is 11.3 Å². The van der Waals surface area contributed by atoms with Crippen molar-refractivity contribution < 1.29 is 14.1 Å². The van der Waals surface area contributed by atoms with Crippen molar-refractivity contribution >= 4 is 17.2 Å². The summed E-state index contributed by atoms with van der Waals surface area (Å²) >= 11 is 1.56. The first-order valence-corrected chi connectivity index (χ1v) is 9.91. The van der Waals surface area contributed by atoms with E-state index in [1.165, 1.54) is 5.56 Å². The van der Waals surface area contributed by atoms with Crippen LogP contribution in [0.3, 0.4) is 0 Å². The molecule has 7 heteroatoms. The van der Waals surface area contributed by atoms with Gasteiger partial charge in [-0.1, -0.05) is 28.9 Å². The Morgan fingerprint density at radius 2 is 1.97 bits per heavy atom. The summed E-state index contributed by atoms with van der Waals surface area (Å²) in [6.07, 6.45) is 0. The molecule has 0 bridgehead atoms. The van der Waals surface area contributed by atoms with Crippen LogP contribution in [0.1, 0.15) is 21.7 Å². The van der Waals surface area contributed by atoms with Crippen LogP contribution in [-0.4, -0.2) is 23.2 Å². The van der Waals surface area contributed by atoms with Gasteiger partial charge in [-0.3, -0.25) is 4.79 Å². The molecule has 0 radical (unpaired) electrons. The molecule has 0 atom stereocenters. The smallest absolute Gasteiger partial charge is 0.273 e. The number of methoxy groups -OCH3 is 1. The molecule has 2 heterocycles. The number of carbonyl (C=O) groups excluding carboxylic acids is 1. The van der Waals surface area contributed by atoms with Gasteiger partial charge in [0.25, 0.3) is 5.91 Å². The molecule has 0 aliphatic heterocycles. The first-order valence-electron chi connectivity index (χ1n) is 9.03. The van der Waals surface area contributed by atoms with Gasteiger partial charge >= 0.3 is 0 Å². The van der Waals surface area contributed by atoms with Gasteiger partial charge in [0.05, 0.1) is 19.3 Å². The van der Waals surface area contributed by atoms with Gasteiger partial charge in [0.2, 0.25) is 0 Å². The lowest BCUT2D eigenvalue weighted by Gasteiger charge is -2.00. The van der Waals surface area contributed by atoms with E-state index in [-0.39, 0.29) is 11.6 Å². The molecule has 6 nitrogen and oxygen atoms in total. The molecule has 2 aromatic carbocycles. The molecule has 4 rings (SSSR count). The molecule has 2 aromatic heterocycles. The van der Waals surface area contributed by atoms with Crippen LogP contribution in [0, 0.1) is 6.92 Å². The van der Waals surface area contributed by atoms with Crippen molar-refractivity contribution in [2.24, 2.45) is 0 Å². The highest BCUT2D eigenvalue weighted by Gasteiger charge is 2.14. The number of amides is 1. The minimum absolute atomic E-state index is 0.227. The number of benzene rings is 2. The zero-order valence-electron chi connectivity index (χ0n) is 16.0. The highest BCUT2D eigenvalue weighted by molar-refractivity contribution is 7.13. The number of thiazole rings is 1. The molecule has 0 aliphatic rings. The van der Waals surface area contributed by atoms with Crippen LogP contribution in [0.25, 0.3) is 21.9 Å². The van der Waals surface area contributed by atoms with Crippen LogP contribution in [0.4, 0.5) is 0 Å². The van der Waals surface area contributed by atoms with Gasteiger partial charge in [0, 0.05) is 22.6 Å². The van der Waals surface area contributed by atoms with Crippen molar-refractivity contribution in [3.63, 3.8) is 0 Å². The predicted octanol–water partition coefficient (Wildman–Crippen LogP) is 4.71. The molecular formula is C22H19N3O3S. The lowest BCUT2D eigenvalue weighted by atomic mass is 10.1. The number of nitrogens with zero attached hydrogens (tertiary/aromatic N) is 2. The van der Waals surface area contributed by atoms with E-state index in [0.717, 1.165) is 27.6 Å². The fourth-order valence-electron chi connectivity index (χ4n) is 2.83. The molecule has 4 aromatic rings. The second-order valence-corrected chi connectivity index (χ2v) is 7.36. The van der Waals surface area contributed by atoms with Gasteiger partial charge in [-0.2, -0.15) is 0 Å². The second kappa shape index (κ2) is 8.28. The Labute approximate surface area is 172 Å². The van der Waals surface area contributed by atoms with Crippen molar-refractivity contribution in [3.05, 3.63) is 76.9 Å². The Kier molecular flexibility index (Phi) is 5.39. The van der Waals surface area contributed by atoms with Gasteiger partial charge in [-0.25, -0.2) is 4.98 Å². The number of rotatable bonds is 6. The Balaban J connectivity index is 1.39. The number of aromatic nitrogens is 2. The highest BCUT2D eigenvalue weighted by Crippen LogP contribution is 2.25. The van der Waals surface area contributed by atoms with E-state index < -0.39 is 0 Å². The summed E-state index contributed by atoms with van der Waals surface area (Å²) in [6.45, 7) is 2.38. The average Bonchev–Trinajstić information content (AvgIpc) is 3.42. The number of hydrogen-bond donors (Lipinski definition) is 1. The molecule has 0 fully saturated rings. The van der Waals surface area contributed by atoms with Gasteiger partial charge < -0.3 is 14.6 Å². The monoisotopic (exact) mass is 405 g/mol. The molecule has 0 saturated carbocycles. The topological polar surface area (TPSA) is 77.2 Å². The number of ether oxygens (including phenoxy) is 1. The summed E-state index contributed by atoms with van der Waals surface area (Å²) in [5.74, 6) is 0.964. The largest absolute Gasteiger partial charge is 0.497 e. The molecule has 0 spiro atoms. The van der Waals surface area contributed by atoms with E-state index in [2.05, 4.69) is 34.5 Å². The lowest BCUT2D eigenvalue weighted by Crippen LogP contribution is -2.23. The second-order valence-electron chi connectivity index (χ2n) is 6.50. The predicted molar refractivity (Wildman–Crippen MR) is 112 cm³/mol. The Hall–Kier alpha value is -3.45. The molecule has 0 aliphatic carbocycles. The summed E-state index contributed by atoms with van der Waals surface area (Å²) in [6, 6.07) is 17.2. The number of nitrogens with one attached hydrogen (secondary N) is 1. The maximum Gasteiger partial charge on any atom is 0.273 e. The minimum atomic E-state index is -0.307. The number of hydrogen-bond acceptors (Lipinski definition) is 6. The van der Waals surface area contributed by atoms with Crippen LogP contribution in [-0.2, 0) is 6.54 Å². The zero-order valence-corrected chi connectivity index (χ0v) is 16.8. The summed E-state index contributed by atoms with van der Waals surface area (Å²) in [7, 11) is 1.61. The van der Waals surface area contributed by atoms with E-state index in [1.807, 2.05) is 41.8 Å². The summed E-state index contributed by atoms with van der Waals surface area (Å²) < 4.78 is 10.4. The normalized spacial score (nSPS) is 10.7. The molecule has 29 heavy (non-hydrogen) atoms. The quantitative estimate of drug-likeness (QED) is 0.503. The molecule has 0 unspecified atom stereocenters. The molecule has 146 valence electrons. The maximum absolute atomic E-state index is 12.4. The third kappa shape index (κ3) is 4.35. The number of aryl methyl sites for hydroxylation is 1. The van der Waals surface area contributed by atoms with Crippen molar-refractivity contribution in [2.75, 3.05) is 7.11 Å². The Morgan fingerprint density at radius 3 is 2.72 bits per heavy atom. The first-order chi connectivity index (χ1) is 14.1. The van der Waals surface area contributed by atoms with Gasteiger partial charge in [-0.05, 0) is 37.3 Å². The van der Waals surface area contributed by atoms with E-state index in [9.17, 15) is 4.79 Å². The van der Waals surface area contributed by atoms with Gasteiger partial charge in [0.15, 0.2) is 11.5 Å². The molecule has 0 saturated heterocycles. The third-order valence-electron chi connectivity index (χ3n) is 4.36. The van der Waals surface area contributed by atoms with Crippen LogP contribution in [0.15, 0.2) is 64.5 Å². The van der Waals surface area contributed by atoms with Crippen molar-refractivity contribution in [1.29, 1.82) is 0 Å². The number of carbonyl (C=O) groups is 1. The lowest BCUT2D eigenvalue weighted by molar-refractivity contribution is 0.0941. The Bertz CT molecular complexity index is 1130. The fraction of sp³-hybridized carbons (Fsp3) is 0.136. The van der Waals surface area contributed by atoms with Gasteiger partial charge in [0.1, 0.15) is 10.8 Å². The van der Waals surface area contributed by atoms with E-state index in [1.54, 1.807) is 24.5 Å². The van der Waals surface area contributed by atoms with Gasteiger partial charge in [-0.15, -0.1) is 11.3 Å². The zero-order chi connectivity index (χ0) is 20.2. The average molecular weight is 405 g/mol. The maximum atomic E-state index is 12.4.